The molecule has 0 aliphatic carbocycles. The van der Waals surface area contributed by atoms with Gasteiger partial charge in [0.15, 0.2) is 5.15 Å². The average Bonchev–Trinajstić information content (AvgIpc) is 2.17. The van der Waals surface area contributed by atoms with Gasteiger partial charge in [0.25, 0.3) is 0 Å². The largest absolute Gasteiger partial charge is 0.437 e. The van der Waals surface area contributed by atoms with Crippen molar-refractivity contribution in [1.29, 1.82) is 0 Å². The lowest BCUT2D eigenvalue weighted by Gasteiger charge is -2.04. The molecule has 2 rings (SSSR count). The second-order valence-electron chi connectivity index (χ2n) is 2.85. The van der Waals surface area contributed by atoms with E-state index in [4.69, 9.17) is 22.1 Å². The molecule has 5 heteroatoms. The van der Waals surface area contributed by atoms with Gasteiger partial charge >= 0.3 is 0 Å². The number of halogens is 1. The normalized spacial score (nSPS) is 9.93. The lowest BCUT2D eigenvalue weighted by atomic mass is 10.3. The van der Waals surface area contributed by atoms with E-state index in [0.717, 1.165) is 0 Å². The first kappa shape index (κ1) is 9.73. The van der Waals surface area contributed by atoms with Crippen molar-refractivity contribution >= 4 is 17.3 Å². The standard InChI is InChI=1S/C10H8ClN3O/c11-9-5-13-6-10(14-9)15-8-3-1-2-7(12)4-8/h1-6H,12H2. The van der Waals surface area contributed by atoms with Crippen LogP contribution in [0.1, 0.15) is 0 Å². The van der Waals surface area contributed by atoms with Crippen molar-refractivity contribution in [1.82, 2.24) is 9.97 Å². The summed E-state index contributed by atoms with van der Waals surface area (Å²) in [7, 11) is 0. The molecule has 1 aromatic carbocycles. The highest BCUT2D eigenvalue weighted by Gasteiger charge is 2.00. The SMILES string of the molecule is Nc1cccc(Oc2cncc(Cl)n2)c1. The minimum atomic E-state index is 0.288. The van der Waals surface area contributed by atoms with Gasteiger partial charge in [-0.15, -0.1) is 0 Å². The van der Waals surface area contributed by atoms with E-state index >= 15 is 0 Å². The molecule has 0 amide bonds. The van der Waals surface area contributed by atoms with Crippen molar-refractivity contribution in [2.75, 3.05) is 5.73 Å². The molecule has 0 saturated carbocycles. The lowest BCUT2D eigenvalue weighted by molar-refractivity contribution is 0.460. The molecule has 76 valence electrons. The molecule has 0 saturated heterocycles. The molecule has 0 spiro atoms. The fourth-order valence-corrected chi connectivity index (χ4v) is 1.21. The van der Waals surface area contributed by atoms with Crippen LogP contribution >= 0.6 is 11.6 Å². The Morgan fingerprint density at radius 2 is 2.13 bits per heavy atom. The Kier molecular flexibility index (Phi) is 2.69. The summed E-state index contributed by atoms with van der Waals surface area (Å²) in [5, 5.41) is 0.288. The maximum absolute atomic E-state index is 5.66. The summed E-state index contributed by atoms with van der Waals surface area (Å²) in [4.78, 5) is 7.79. The number of nitrogen functional groups attached to an aromatic ring is 1. The van der Waals surface area contributed by atoms with E-state index in [2.05, 4.69) is 9.97 Å². The third kappa shape index (κ3) is 2.57. The number of rotatable bonds is 2. The van der Waals surface area contributed by atoms with Gasteiger partial charge in [-0.25, -0.2) is 0 Å². The number of hydrogen-bond donors (Lipinski definition) is 1. The average molecular weight is 222 g/mol. The second kappa shape index (κ2) is 4.14. The molecule has 0 fully saturated rings. The quantitative estimate of drug-likeness (QED) is 0.792. The van der Waals surface area contributed by atoms with E-state index in [1.54, 1.807) is 24.3 Å². The van der Waals surface area contributed by atoms with Crippen LogP contribution in [0.4, 0.5) is 5.69 Å². The van der Waals surface area contributed by atoms with Gasteiger partial charge in [0.1, 0.15) is 5.75 Å². The number of benzene rings is 1. The molecule has 2 N–H and O–H groups in total. The monoisotopic (exact) mass is 221 g/mol. The van der Waals surface area contributed by atoms with Gasteiger partial charge in [-0.05, 0) is 12.1 Å². The van der Waals surface area contributed by atoms with E-state index in [-0.39, 0.29) is 5.15 Å². The van der Waals surface area contributed by atoms with Crippen molar-refractivity contribution in [3.05, 3.63) is 41.8 Å². The van der Waals surface area contributed by atoms with Gasteiger partial charge in [-0.2, -0.15) is 4.98 Å². The minimum absolute atomic E-state index is 0.288. The van der Waals surface area contributed by atoms with Crippen LogP contribution in [0.25, 0.3) is 0 Å². The molecular weight excluding hydrogens is 214 g/mol. The van der Waals surface area contributed by atoms with Crippen LogP contribution in [-0.4, -0.2) is 9.97 Å². The summed E-state index contributed by atoms with van der Waals surface area (Å²) in [5.41, 5.74) is 6.23. The maximum atomic E-state index is 5.66. The molecule has 1 aromatic heterocycles. The van der Waals surface area contributed by atoms with Crippen LogP contribution in [0, 0.1) is 0 Å². The summed E-state index contributed by atoms with van der Waals surface area (Å²) in [6, 6.07) is 7.04. The number of hydrogen-bond acceptors (Lipinski definition) is 4. The molecule has 0 aliphatic heterocycles. The maximum Gasteiger partial charge on any atom is 0.239 e. The number of ether oxygens (including phenoxy) is 1. The Morgan fingerprint density at radius 1 is 1.27 bits per heavy atom. The van der Waals surface area contributed by atoms with Crippen molar-refractivity contribution < 1.29 is 4.74 Å². The smallest absolute Gasteiger partial charge is 0.239 e. The van der Waals surface area contributed by atoms with E-state index in [0.29, 0.717) is 17.3 Å². The molecule has 0 aliphatic rings. The highest BCUT2D eigenvalue weighted by molar-refractivity contribution is 6.29. The lowest BCUT2D eigenvalue weighted by Crippen LogP contribution is -1.90. The highest BCUT2D eigenvalue weighted by atomic mass is 35.5. The Bertz CT molecular complexity index is 432. The highest BCUT2D eigenvalue weighted by Crippen LogP contribution is 2.21. The fraction of sp³-hybridized carbons (Fsp3) is 0. The van der Waals surface area contributed by atoms with Gasteiger partial charge in [0.05, 0.1) is 12.4 Å². The van der Waals surface area contributed by atoms with Crippen LogP contribution < -0.4 is 10.5 Å². The Labute approximate surface area is 91.7 Å². The van der Waals surface area contributed by atoms with Crippen molar-refractivity contribution in [3.8, 4) is 11.6 Å². The third-order valence-corrected chi connectivity index (χ3v) is 1.85. The van der Waals surface area contributed by atoms with E-state index in [1.165, 1.54) is 12.4 Å². The number of anilines is 1. The van der Waals surface area contributed by atoms with Gasteiger partial charge in [-0.1, -0.05) is 17.7 Å². The van der Waals surface area contributed by atoms with E-state index in [1.807, 2.05) is 0 Å². The van der Waals surface area contributed by atoms with Crippen molar-refractivity contribution in [3.63, 3.8) is 0 Å². The Balaban J connectivity index is 2.22. The molecule has 2 aromatic rings. The number of aromatic nitrogens is 2. The van der Waals surface area contributed by atoms with Gasteiger partial charge < -0.3 is 10.5 Å². The van der Waals surface area contributed by atoms with Gasteiger partial charge in [-0.3, -0.25) is 4.98 Å². The molecule has 4 nitrogen and oxygen atoms in total. The molecule has 0 unspecified atom stereocenters. The van der Waals surface area contributed by atoms with Crippen LogP contribution in [0.2, 0.25) is 5.15 Å². The third-order valence-electron chi connectivity index (χ3n) is 1.66. The summed E-state index contributed by atoms with van der Waals surface area (Å²) in [5.74, 6) is 0.944. The molecular formula is C10H8ClN3O. The van der Waals surface area contributed by atoms with E-state index in [9.17, 15) is 0 Å². The number of nitrogens with two attached hydrogens (primary N) is 1. The topological polar surface area (TPSA) is 61.0 Å². The molecule has 1 heterocycles. The summed E-state index contributed by atoms with van der Waals surface area (Å²) in [6.07, 6.45) is 2.92. The van der Waals surface area contributed by atoms with Crippen LogP contribution in [-0.2, 0) is 0 Å². The first-order valence-electron chi connectivity index (χ1n) is 4.25. The predicted octanol–water partition coefficient (Wildman–Crippen LogP) is 2.50. The van der Waals surface area contributed by atoms with Crippen LogP contribution in [0.5, 0.6) is 11.6 Å². The van der Waals surface area contributed by atoms with E-state index < -0.39 is 0 Å². The predicted molar refractivity (Wildman–Crippen MR) is 58.0 cm³/mol. The van der Waals surface area contributed by atoms with Crippen molar-refractivity contribution in [2.45, 2.75) is 0 Å². The van der Waals surface area contributed by atoms with Gasteiger partial charge in [0, 0.05) is 11.8 Å². The second-order valence-corrected chi connectivity index (χ2v) is 3.24. The summed E-state index contributed by atoms with van der Waals surface area (Å²) >= 11 is 5.66. The molecule has 0 radical (unpaired) electrons. The Hall–Kier alpha value is -1.81. The summed E-state index contributed by atoms with van der Waals surface area (Å²) in [6.45, 7) is 0. The molecule has 0 bridgehead atoms. The zero-order valence-corrected chi connectivity index (χ0v) is 8.48. The van der Waals surface area contributed by atoms with Crippen LogP contribution in [0.15, 0.2) is 36.7 Å². The number of nitrogens with zero attached hydrogens (tertiary/aromatic N) is 2. The first-order valence-corrected chi connectivity index (χ1v) is 4.63. The zero-order chi connectivity index (χ0) is 10.7. The summed E-state index contributed by atoms with van der Waals surface area (Å²) < 4.78 is 5.40. The molecule has 15 heavy (non-hydrogen) atoms. The first-order chi connectivity index (χ1) is 7.24. The van der Waals surface area contributed by atoms with Gasteiger partial charge in [0.2, 0.25) is 5.88 Å². The zero-order valence-electron chi connectivity index (χ0n) is 7.72. The fourth-order valence-electron chi connectivity index (χ4n) is 1.07. The van der Waals surface area contributed by atoms with Crippen molar-refractivity contribution in [2.24, 2.45) is 0 Å². The Morgan fingerprint density at radius 3 is 2.87 bits per heavy atom. The minimum Gasteiger partial charge on any atom is -0.437 e. The molecule has 0 atom stereocenters. The van der Waals surface area contributed by atoms with Crippen LogP contribution in [0.3, 0.4) is 0 Å².